The van der Waals surface area contributed by atoms with Gasteiger partial charge in [-0.1, -0.05) is 31.2 Å². The molecule has 0 saturated heterocycles. The summed E-state index contributed by atoms with van der Waals surface area (Å²) in [7, 11) is 0. The van der Waals surface area contributed by atoms with Crippen LogP contribution in [-0.2, 0) is 6.42 Å². The molecule has 2 nitrogen and oxygen atoms in total. The zero-order chi connectivity index (χ0) is 11.4. The molecule has 0 heterocycles. The molecule has 0 aromatic heterocycles. The molecule has 2 aromatic carbocycles. The van der Waals surface area contributed by atoms with E-state index in [-0.39, 0.29) is 5.75 Å². The van der Waals surface area contributed by atoms with Crippen LogP contribution < -0.4 is 5.32 Å². The van der Waals surface area contributed by atoms with Crippen molar-refractivity contribution in [3.63, 3.8) is 0 Å². The number of benzene rings is 2. The first-order chi connectivity index (χ1) is 7.79. The average molecular weight is 213 g/mol. The summed E-state index contributed by atoms with van der Waals surface area (Å²) in [5.41, 5.74) is 3.27. The van der Waals surface area contributed by atoms with E-state index < -0.39 is 0 Å². The van der Waals surface area contributed by atoms with Gasteiger partial charge in [0.25, 0.3) is 0 Å². The smallest absolute Gasteiger partial charge is 0.117 e. The minimum atomic E-state index is 0.277. The summed E-state index contributed by atoms with van der Waals surface area (Å²) in [4.78, 5) is 0. The third kappa shape index (κ3) is 2.34. The fraction of sp³-hybridized carbons (Fsp3) is 0.143. The first kappa shape index (κ1) is 10.6. The van der Waals surface area contributed by atoms with Crippen molar-refractivity contribution in [3.05, 3.63) is 54.1 Å². The average Bonchev–Trinajstić information content (AvgIpc) is 2.30. The van der Waals surface area contributed by atoms with Crippen LogP contribution in [0, 0.1) is 0 Å². The van der Waals surface area contributed by atoms with Gasteiger partial charge in [0.1, 0.15) is 5.75 Å². The molecule has 0 saturated carbocycles. The Labute approximate surface area is 95.6 Å². The lowest BCUT2D eigenvalue weighted by Crippen LogP contribution is -1.94. The molecule has 0 spiro atoms. The second-order valence-electron chi connectivity index (χ2n) is 3.69. The Balaban J connectivity index is 2.26. The second-order valence-corrected chi connectivity index (χ2v) is 3.69. The molecular formula is C14H15NO. The van der Waals surface area contributed by atoms with E-state index in [9.17, 15) is 5.11 Å². The maximum atomic E-state index is 9.38. The third-order valence-electron chi connectivity index (χ3n) is 2.52. The van der Waals surface area contributed by atoms with E-state index in [1.54, 1.807) is 12.1 Å². The fourth-order valence-electron chi connectivity index (χ4n) is 1.69. The number of rotatable bonds is 3. The van der Waals surface area contributed by atoms with Gasteiger partial charge < -0.3 is 10.4 Å². The molecule has 0 atom stereocenters. The van der Waals surface area contributed by atoms with Crippen molar-refractivity contribution in [2.24, 2.45) is 0 Å². The molecule has 2 aromatic rings. The Hall–Kier alpha value is -1.96. The highest BCUT2D eigenvalue weighted by Gasteiger charge is 2.00. The minimum absolute atomic E-state index is 0.277. The highest BCUT2D eigenvalue weighted by atomic mass is 16.3. The molecule has 0 bridgehead atoms. The fourth-order valence-corrected chi connectivity index (χ4v) is 1.69. The minimum Gasteiger partial charge on any atom is -0.508 e. The van der Waals surface area contributed by atoms with Crippen LogP contribution in [0.4, 0.5) is 11.4 Å². The maximum absolute atomic E-state index is 9.38. The summed E-state index contributed by atoms with van der Waals surface area (Å²) < 4.78 is 0. The molecule has 0 radical (unpaired) electrons. The number of phenolic OH excluding ortho intramolecular Hbond substituents is 1. The molecule has 0 fully saturated rings. The Morgan fingerprint density at radius 3 is 2.62 bits per heavy atom. The summed E-state index contributed by atoms with van der Waals surface area (Å²) in [6, 6.07) is 15.3. The second kappa shape index (κ2) is 4.71. The normalized spacial score (nSPS) is 10.1. The summed E-state index contributed by atoms with van der Waals surface area (Å²) in [5, 5.41) is 12.7. The largest absolute Gasteiger partial charge is 0.508 e. The summed E-state index contributed by atoms with van der Waals surface area (Å²) in [5.74, 6) is 0.277. The molecule has 16 heavy (non-hydrogen) atoms. The van der Waals surface area contributed by atoms with Crippen molar-refractivity contribution in [1.82, 2.24) is 0 Å². The number of aromatic hydroxyl groups is 1. The molecule has 0 amide bonds. The number of para-hydroxylation sites is 1. The molecule has 2 rings (SSSR count). The van der Waals surface area contributed by atoms with Crippen molar-refractivity contribution in [1.29, 1.82) is 0 Å². The molecule has 82 valence electrons. The van der Waals surface area contributed by atoms with Crippen molar-refractivity contribution < 1.29 is 5.11 Å². The zero-order valence-electron chi connectivity index (χ0n) is 9.27. The Morgan fingerprint density at radius 2 is 1.88 bits per heavy atom. The number of anilines is 2. The Bertz CT molecular complexity index is 480. The van der Waals surface area contributed by atoms with Gasteiger partial charge in [-0.05, 0) is 30.2 Å². The predicted molar refractivity (Wildman–Crippen MR) is 67.2 cm³/mol. The molecule has 2 N–H and O–H groups in total. The molecule has 0 aliphatic heterocycles. The van der Waals surface area contributed by atoms with Crippen LogP contribution in [0.25, 0.3) is 0 Å². The zero-order valence-corrected chi connectivity index (χ0v) is 9.27. The van der Waals surface area contributed by atoms with Gasteiger partial charge in [0.2, 0.25) is 0 Å². The van der Waals surface area contributed by atoms with E-state index in [0.29, 0.717) is 0 Å². The van der Waals surface area contributed by atoms with Gasteiger partial charge in [0.15, 0.2) is 0 Å². The van der Waals surface area contributed by atoms with E-state index in [1.807, 2.05) is 30.3 Å². The van der Waals surface area contributed by atoms with Gasteiger partial charge in [-0.3, -0.25) is 0 Å². The van der Waals surface area contributed by atoms with Crippen molar-refractivity contribution >= 4 is 11.4 Å². The van der Waals surface area contributed by atoms with Crippen molar-refractivity contribution in [2.75, 3.05) is 5.32 Å². The number of phenols is 1. The highest BCUT2D eigenvalue weighted by Crippen LogP contribution is 2.23. The molecule has 0 unspecified atom stereocenters. The van der Waals surface area contributed by atoms with Crippen LogP contribution in [0.2, 0.25) is 0 Å². The lowest BCUT2D eigenvalue weighted by atomic mass is 10.1. The first-order valence-electron chi connectivity index (χ1n) is 5.43. The van der Waals surface area contributed by atoms with E-state index in [4.69, 9.17) is 0 Å². The summed E-state index contributed by atoms with van der Waals surface area (Å²) in [6.45, 7) is 2.13. The third-order valence-corrected chi connectivity index (χ3v) is 2.52. The SMILES string of the molecule is CCc1ccccc1Nc1cccc(O)c1. The van der Waals surface area contributed by atoms with E-state index in [2.05, 4.69) is 18.3 Å². The predicted octanol–water partition coefficient (Wildman–Crippen LogP) is 3.70. The molecule has 0 aliphatic carbocycles. The van der Waals surface area contributed by atoms with E-state index in [0.717, 1.165) is 17.8 Å². The van der Waals surface area contributed by atoms with Gasteiger partial charge in [0, 0.05) is 17.4 Å². The van der Waals surface area contributed by atoms with Crippen molar-refractivity contribution in [2.45, 2.75) is 13.3 Å². The van der Waals surface area contributed by atoms with Crippen LogP contribution in [-0.4, -0.2) is 5.11 Å². The van der Waals surface area contributed by atoms with E-state index in [1.165, 1.54) is 5.56 Å². The standard InChI is InChI=1S/C14H15NO/c1-2-11-6-3-4-9-14(11)15-12-7-5-8-13(16)10-12/h3-10,15-16H,2H2,1H3. The van der Waals surface area contributed by atoms with E-state index >= 15 is 0 Å². The van der Waals surface area contributed by atoms with Crippen LogP contribution in [0.1, 0.15) is 12.5 Å². The van der Waals surface area contributed by atoms with Gasteiger partial charge in [-0.25, -0.2) is 0 Å². The monoisotopic (exact) mass is 213 g/mol. The van der Waals surface area contributed by atoms with Crippen molar-refractivity contribution in [3.8, 4) is 5.75 Å². The Kier molecular flexibility index (Phi) is 3.10. The van der Waals surface area contributed by atoms with Crippen LogP contribution >= 0.6 is 0 Å². The summed E-state index contributed by atoms with van der Waals surface area (Å²) in [6.07, 6.45) is 0.988. The van der Waals surface area contributed by atoms with Gasteiger partial charge in [0.05, 0.1) is 0 Å². The topological polar surface area (TPSA) is 32.3 Å². The van der Waals surface area contributed by atoms with Crippen LogP contribution in [0.3, 0.4) is 0 Å². The first-order valence-corrected chi connectivity index (χ1v) is 5.43. The number of aryl methyl sites for hydroxylation is 1. The molecule has 0 aliphatic rings. The van der Waals surface area contributed by atoms with Gasteiger partial charge >= 0.3 is 0 Å². The van der Waals surface area contributed by atoms with Crippen LogP contribution in [0.5, 0.6) is 5.75 Å². The lowest BCUT2D eigenvalue weighted by molar-refractivity contribution is 0.475. The highest BCUT2D eigenvalue weighted by molar-refractivity contribution is 5.64. The number of hydrogen-bond acceptors (Lipinski definition) is 2. The summed E-state index contributed by atoms with van der Waals surface area (Å²) >= 11 is 0. The quantitative estimate of drug-likeness (QED) is 0.814. The molecular weight excluding hydrogens is 198 g/mol. The van der Waals surface area contributed by atoms with Crippen LogP contribution in [0.15, 0.2) is 48.5 Å². The number of nitrogens with one attached hydrogen (secondary N) is 1. The number of hydrogen-bond donors (Lipinski definition) is 2. The maximum Gasteiger partial charge on any atom is 0.117 e. The molecule has 2 heteroatoms. The van der Waals surface area contributed by atoms with Gasteiger partial charge in [-0.15, -0.1) is 0 Å². The van der Waals surface area contributed by atoms with Gasteiger partial charge in [-0.2, -0.15) is 0 Å². The Morgan fingerprint density at radius 1 is 1.06 bits per heavy atom. The lowest BCUT2D eigenvalue weighted by Gasteiger charge is -2.10.